The van der Waals surface area contributed by atoms with Crippen molar-refractivity contribution >= 4 is 15.7 Å². The van der Waals surface area contributed by atoms with Gasteiger partial charge in [0.05, 0.1) is 17.1 Å². The summed E-state index contributed by atoms with van der Waals surface area (Å²) in [5.74, 6) is 0.953. The second-order valence-electron chi connectivity index (χ2n) is 6.12. The van der Waals surface area contributed by atoms with Crippen molar-refractivity contribution in [2.24, 2.45) is 5.92 Å². The highest BCUT2D eigenvalue weighted by atomic mass is 32.2. The Morgan fingerprint density at radius 2 is 2.10 bits per heavy atom. The van der Waals surface area contributed by atoms with Crippen molar-refractivity contribution in [3.63, 3.8) is 0 Å². The maximum absolute atomic E-state index is 12.2. The Kier molecular flexibility index (Phi) is 3.97. The Bertz CT molecular complexity index is 594. The monoisotopic (exact) mass is 298 g/mol. The third-order valence-electron chi connectivity index (χ3n) is 3.03. The van der Waals surface area contributed by atoms with Crippen LogP contribution in [-0.2, 0) is 10.0 Å². The summed E-state index contributed by atoms with van der Waals surface area (Å²) in [6, 6.07) is 4.89. The summed E-state index contributed by atoms with van der Waals surface area (Å²) in [5.41, 5.74) is 0.431. The summed E-state index contributed by atoms with van der Waals surface area (Å²) in [7, 11) is -3.46. The van der Waals surface area contributed by atoms with Crippen LogP contribution < -0.4 is 14.8 Å². The minimum Gasteiger partial charge on any atom is -0.484 e. The summed E-state index contributed by atoms with van der Waals surface area (Å²) in [6.07, 6.45) is 0. The van der Waals surface area contributed by atoms with Gasteiger partial charge >= 0.3 is 0 Å². The molecule has 0 bridgehead atoms. The lowest BCUT2D eigenvalue weighted by Crippen LogP contribution is -2.40. The molecule has 5 nitrogen and oxygen atoms in total. The van der Waals surface area contributed by atoms with Crippen LogP contribution in [0, 0.1) is 5.92 Å². The molecule has 0 aromatic heterocycles. The van der Waals surface area contributed by atoms with Crippen molar-refractivity contribution in [2.75, 3.05) is 18.4 Å². The highest BCUT2D eigenvalue weighted by Gasteiger charge is 2.27. The van der Waals surface area contributed by atoms with Crippen LogP contribution in [0.2, 0.25) is 0 Å². The summed E-state index contributed by atoms with van der Waals surface area (Å²) in [4.78, 5) is 0.257. The average molecular weight is 298 g/mol. The molecule has 20 heavy (non-hydrogen) atoms. The van der Waals surface area contributed by atoms with E-state index in [2.05, 4.69) is 10.0 Å². The first-order valence-electron chi connectivity index (χ1n) is 6.76. The van der Waals surface area contributed by atoms with Gasteiger partial charge in [0.25, 0.3) is 0 Å². The third kappa shape index (κ3) is 3.43. The van der Waals surface area contributed by atoms with E-state index >= 15 is 0 Å². The van der Waals surface area contributed by atoms with E-state index in [1.165, 1.54) is 0 Å². The van der Waals surface area contributed by atoms with E-state index in [0.29, 0.717) is 18.8 Å². The van der Waals surface area contributed by atoms with Crippen LogP contribution >= 0.6 is 0 Å². The van der Waals surface area contributed by atoms with Crippen LogP contribution in [0.3, 0.4) is 0 Å². The number of hydrogen-bond donors (Lipinski definition) is 2. The van der Waals surface area contributed by atoms with E-state index in [1.807, 2.05) is 27.7 Å². The topological polar surface area (TPSA) is 67.4 Å². The second-order valence-corrected chi connectivity index (χ2v) is 7.89. The molecule has 1 aliphatic heterocycles. The molecule has 2 N–H and O–H groups in total. The fourth-order valence-electron chi connectivity index (χ4n) is 1.90. The lowest BCUT2D eigenvalue weighted by Gasteiger charge is -2.33. The minimum absolute atomic E-state index is 0.257. The lowest BCUT2D eigenvalue weighted by atomic mass is 10.1. The summed E-state index contributed by atoms with van der Waals surface area (Å²) in [5, 5.41) is 3.21. The average Bonchev–Trinajstić information content (AvgIpc) is 2.35. The molecule has 1 aromatic rings. The molecule has 0 aliphatic carbocycles. The maximum Gasteiger partial charge on any atom is 0.240 e. The smallest absolute Gasteiger partial charge is 0.240 e. The van der Waals surface area contributed by atoms with Crippen LogP contribution in [0.25, 0.3) is 0 Å². The molecule has 1 aromatic carbocycles. The number of ether oxygens (including phenoxy) is 1. The molecule has 0 atom stereocenters. The van der Waals surface area contributed by atoms with Crippen molar-refractivity contribution in [2.45, 2.75) is 38.2 Å². The molecule has 0 saturated heterocycles. The predicted molar refractivity (Wildman–Crippen MR) is 79.7 cm³/mol. The number of rotatable bonds is 4. The fraction of sp³-hybridized carbons (Fsp3) is 0.571. The zero-order valence-electron chi connectivity index (χ0n) is 12.4. The van der Waals surface area contributed by atoms with E-state index in [1.54, 1.807) is 18.2 Å². The molecule has 0 amide bonds. The van der Waals surface area contributed by atoms with Crippen molar-refractivity contribution in [3.8, 4) is 5.75 Å². The zero-order valence-corrected chi connectivity index (χ0v) is 13.2. The number of nitrogens with one attached hydrogen (secondary N) is 2. The molecule has 0 radical (unpaired) electrons. The van der Waals surface area contributed by atoms with Gasteiger partial charge in [-0.3, -0.25) is 0 Å². The van der Waals surface area contributed by atoms with Crippen molar-refractivity contribution in [1.29, 1.82) is 0 Å². The SMILES string of the molecule is CC(C)CNS(=O)(=O)c1ccc2c(c1)NCC(C)(C)O2. The minimum atomic E-state index is -3.46. The standard InChI is InChI=1S/C14H22N2O3S/c1-10(2)8-16-20(17,18)11-5-6-13-12(7-11)15-9-14(3,4)19-13/h5-7,10,15-16H,8-9H2,1-4H3. The Morgan fingerprint density at radius 1 is 1.40 bits per heavy atom. The van der Waals surface area contributed by atoms with Gasteiger partial charge in [0.2, 0.25) is 10.0 Å². The Morgan fingerprint density at radius 3 is 2.75 bits per heavy atom. The molecule has 6 heteroatoms. The molecule has 1 aliphatic rings. The number of sulfonamides is 1. The largest absolute Gasteiger partial charge is 0.484 e. The Hall–Kier alpha value is -1.27. The molecular weight excluding hydrogens is 276 g/mol. The predicted octanol–water partition coefficient (Wildman–Crippen LogP) is 2.20. The van der Waals surface area contributed by atoms with Crippen molar-refractivity contribution < 1.29 is 13.2 Å². The van der Waals surface area contributed by atoms with Crippen LogP contribution in [0.1, 0.15) is 27.7 Å². The van der Waals surface area contributed by atoms with Gasteiger partial charge in [0.1, 0.15) is 11.4 Å². The molecule has 0 unspecified atom stereocenters. The number of benzene rings is 1. The van der Waals surface area contributed by atoms with Gasteiger partial charge in [-0.1, -0.05) is 13.8 Å². The van der Waals surface area contributed by atoms with Gasteiger partial charge in [0, 0.05) is 6.54 Å². The molecule has 112 valence electrons. The van der Waals surface area contributed by atoms with Gasteiger partial charge in [-0.15, -0.1) is 0 Å². The molecular formula is C14H22N2O3S. The quantitative estimate of drug-likeness (QED) is 0.894. The highest BCUT2D eigenvalue weighted by Crippen LogP contribution is 2.34. The van der Waals surface area contributed by atoms with E-state index in [-0.39, 0.29) is 16.4 Å². The van der Waals surface area contributed by atoms with Crippen LogP contribution in [0.15, 0.2) is 23.1 Å². The van der Waals surface area contributed by atoms with Crippen molar-refractivity contribution in [1.82, 2.24) is 4.72 Å². The Balaban J connectivity index is 2.24. The van der Waals surface area contributed by atoms with Gasteiger partial charge in [0.15, 0.2) is 0 Å². The first-order valence-corrected chi connectivity index (χ1v) is 8.24. The first-order chi connectivity index (χ1) is 9.20. The fourth-order valence-corrected chi connectivity index (χ4v) is 3.14. The van der Waals surface area contributed by atoms with E-state index < -0.39 is 10.0 Å². The molecule has 1 heterocycles. The first kappa shape index (κ1) is 15.1. The molecule has 2 rings (SSSR count). The highest BCUT2D eigenvalue weighted by molar-refractivity contribution is 7.89. The van der Waals surface area contributed by atoms with Gasteiger partial charge < -0.3 is 10.1 Å². The van der Waals surface area contributed by atoms with Gasteiger partial charge in [-0.2, -0.15) is 0 Å². The second kappa shape index (κ2) is 5.26. The van der Waals surface area contributed by atoms with Gasteiger partial charge in [-0.25, -0.2) is 13.1 Å². The number of fused-ring (bicyclic) bond motifs is 1. The molecule has 0 fully saturated rings. The molecule has 0 saturated carbocycles. The summed E-state index contributed by atoms with van der Waals surface area (Å²) < 4.78 is 32.7. The van der Waals surface area contributed by atoms with E-state index in [0.717, 1.165) is 5.69 Å². The zero-order chi connectivity index (χ0) is 15.0. The Labute approximate surface area is 120 Å². The van der Waals surface area contributed by atoms with E-state index in [4.69, 9.17) is 4.74 Å². The number of anilines is 1. The third-order valence-corrected chi connectivity index (χ3v) is 4.45. The lowest BCUT2D eigenvalue weighted by molar-refractivity contribution is 0.116. The van der Waals surface area contributed by atoms with Crippen LogP contribution in [0.4, 0.5) is 5.69 Å². The molecule has 0 spiro atoms. The summed E-state index contributed by atoms with van der Waals surface area (Å²) >= 11 is 0. The summed E-state index contributed by atoms with van der Waals surface area (Å²) in [6.45, 7) is 8.97. The van der Waals surface area contributed by atoms with Gasteiger partial charge in [-0.05, 0) is 38.0 Å². The number of hydrogen-bond acceptors (Lipinski definition) is 4. The maximum atomic E-state index is 12.2. The normalized spacial score (nSPS) is 17.2. The van der Waals surface area contributed by atoms with E-state index in [9.17, 15) is 8.42 Å². The van der Waals surface area contributed by atoms with Crippen LogP contribution in [-0.4, -0.2) is 27.1 Å². The van der Waals surface area contributed by atoms with Crippen molar-refractivity contribution in [3.05, 3.63) is 18.2 Å². The van der Waals surface area contributed by atoms with Crippen LogP contribution in [0.5, 0.6) is 5.75 Å².